The van der Waals surface area contributed by atoms with Crippen LogP contribution in [0.2, 0.25) is 0 Å². The molecule has 0 atom stereocenters. The normalized spacial score (nSPS) is 10.3. The molecule has 5 heteroatoms. The van der Waals surface area contributed by atoms with Crippen molar-refractivity contribution in [1.29, 1.82) is 0 Å². The first-order valence-electron chi connectivity index (χ1n) is 4.86. The van der Waals surface area contributed by atoms with Gasteiger partial charge < -0.3 is 9.72 Å². The van der Waals surface area contributed by atoms with E-state index in [1.807, 2.05) is 0 Å². The molecule has 2 aromatic heterocycles. The summed E-state index contributed by atoms with van der Waals surface area (Å²) in [6, 6.07) is 1.73. The molecule has 0 saturated heterocycles. The minimum Gasteiger partial charge on any atom is -0.460 e. The number of ether oxygens (including phenoxy) is 1. The fourth-order valence-electron chi connectivity index (χ4n) is 1.46. The van der Waals surface area contributed by atoms with Crippen molar-refractivity contribution in [2.24, 2.45) is 0 Å². The summed E-state index contributed by atoms with van der Waals surface area (Å²) in [6.07, 6.45) is 4.64. The first kappa shape index (κ1) is 10.4. The number of pyridine rings is 1. The number of H-pyrrole nitrogens is 1. The van der Waals surface area contributed by atoms with Gasteiger partial charge in [0.25, 0.3) is 5.78 Å². The molecule has 2 aromatic rings. The smallest absolute Gasteiger partial charge is 0.379 e. The van der Waals surface area contributed by atoms with Crippen LogP contribution in [0.4, 0.5) is 0 Å². The molecule has 0 aliphatic heterocycles. The molecular weight excluding hydrogens is 208 g/mol. The van der Waals surface area contributed by atoms with E-state index in [0.29, 0.717) is 10.9 Å². The van der Waals surface area contributed by atoms with Crippen LogP contribution in [0.1, 0.15) is 17.3 Å². The van der Waals surface area contributed by atoms with Crippen LogP contribution in [0.25, 0.3) is 10.9 Å². The maximum Gasteiger partial charge on any atom is 0.379 e. The number of hydrogen-bond acceptors (Lipinski definition) is 4. The standard InChI is InChI=1S/C11H10N2O3/c1-2-16-11(15)10(14)8-6-13-9-3-4-12-5-7(8)9/h3-6,13H,2H2,1H3. The fourth-order valence-corrected chi connectivity index (χ4v) is 1.46. The lowest BCUT2D eigenvalue weighted by atomic mass is 10.1. The van der Waals surface area contributed by atoms with Gasteiger partial charge in [0.2, 0.25) is 0 Å². The second-order valence-corrected chi connectivity index (χ2v) is 3.17. The monoisotopic (exact) mass is 218 g/mol. The van der Waals surface area contributed by atoms with Gasteiger partial charge in [-0.25, -0.2) is 4.79 Å². The van der Waals surface area contributed by atoms with Gasteiger partial charge in [-0.15, -0.1) is 0 Å². The lowest BCUT2D eigenvalue weighted by Gasteiger charge is -1.98. The number of carbonyl (C=O) groups excluding carboxylic acids is 2. The van der Waals surface area contributed by atoms with Gasteiger partial charge in [-0.05, 0) is 13.0 Å². The summed E-state index contributed by atoms with van der Waals surface area (Å²) in [4.78, 5) is 29.8. The quantitative estimate of drug-likeness (QED) is 0.479. The topological polar surface area (TPSA) is 72.1 Å². The summed E-state index contributed by atoms with van der Waals surface area (Å²) in [7, 11) is 0. The molecule has 2 rings (SSSR count). The van der Waals surface area contributed by atoms with Crippen molar-refractivity contribution < 1.29 is 14.3 Å². The van der Waals surface area contributed by atoms with E-state index >= 15 is 0 Å². The third-order valence-corrected chi connectivity index (χ3v) is 2.19. The molecule has 82 valence electrons. The molecular formula is C11H10N2O3. The maximum absolute atomic E-state index is 11.7. The molecule has 5 nitrogen and oxygen atoms in total. The number of esters is 1. The third-order valence-electron chi connectivity index (χ3n) is 2.19. The summed E-state index contributed by atoms with van der Waals surface area (Å²) < 4.78 is 4.65. The Kier molecular flexibility index (Phi) is 2.68. The number of ketones is 1. The van der Waals surface area contributed by atoms with Gasteiger partial charge in [0, 0.05) is 29.5 Å². The predicted molar refractivity (Wildman–Crippen MR) is 57.1 cm³/mol. The van der Waals surface area contributed by atoms with Crippen molar-refractivity contribution in [2.45, 2.75) is 6.92 Å². The number of carbonyl (C=O) groups is 2. The highest BCUT2D eigenvalue weighted by atomic mass is 16.5. The Morgan fingerprint density at radius 1 is 1.50 bits per heavy atom. The van der Waals surface area contributed by atoms with E-state index in [2.05, 4.69) is 14.7 Å². The SMILES string of the molecule is CCOC(=O)C(=O)c1c[nH]c2ccncc12. The molecule has 2 heterocycles. The van der Waals surface area contributed by atoms with E-state index in [-0.39, 0.29) is 6.61 Å². The number of fused-ring (bicyclic) bond motifs is 1. The molecule has 0 radical (unpaired) electrons. The highest BCUT2D eigenvalue weighted by Crippen LogP contribution is 2.17. The van der Waals surface area contributed by atoms with E-state index < -0.39 is 11.8 Å². The minimum atomic E-state index is -0.841. The van der Waals surface area contributed by atoms with Gasteiger partial charge in [-0.3, -0.25) is 9.78 Å². The number of nitrogens with zero attached hydrogens (tertiary/aromatic N) is 1. The van der Waals surface area contributed by atoms with Gasteiger partial charge in [0.15, 0.2) is 0 Å². The molecule has 0 aliphatic rings. The second-order valence-electron chi connectivity index (χ2n) is 3.17. The average molecular weight is 218 g/mol. The van der Waals surface area contributed by atoms with Gasteiger partial charge in [-0.2, -0.15) is 0 Å². The Morgan fingerprint density at radius 2 is 2.31 bits per heavy atom. The van der Waals surface area contributed by atoms with Crippen LogP contribution in [0.15, 0.2) is 24.7 Å². The second kappa shape index (κ2) is 4.14. The Bertz CT molecular complexity index is 545. The molecule has 0 saturated carbocycles. The number of aromatic nitrogens is 2. The van der Waals surface area contributed by atoms with Crippen molar-refractivity contribution in [3.63, 3.8) is 0 Å². The van der Waals surface area contributed by atoms with Crippen LogP contribution in [0.5, 0.6) is 0 Å². The van der Waals surface area contributed by atoms with E-state index in [9.17, 15) is 9.59 Å². The Morgan fingerprint density at radius 3 is 3.06 bits per heavy atom. The van der Waals surface area contributed by atoms with E-state index in [4.69, 9.17) is 0 Å². The number of rotatable bonds is 3. The molecule has 0 fully saturated rings. The number of aromatic amines is 1. The van der Waals surface area contributed by atoms with E-state index in [1.165, 1.54) is 12.4 Å². The molecule has 0 spiro atoms. The van der Waals surface area contributed by atoms with Crippen molar-refractivity contribution in [2.75, 3.05) is 6.61 Å². The van der Waals surface area contributed by atoms with Crippen LogP contribution in [-0.4, -0.2) is 28.3 Å². The van der Waals surface area contributed by atoms with Crippen molar-refractivity contribution in [3.8, 4) is 0 Å². The maximum atomic E-state index is 11.7. The van der Waals surface area contributed by atoms with Crippen molar-refractivity contribution in [3.05, 3.63) is 30.2 Å². The first-order chi connectivity index (χ1) is 7.74. The summed E-state index contributed by atoms with van der Waals surface area (Å²) in [5.74, 6) is -1.49. The molecule has 0 bridgehead atoms. The molecule has 0 amide bonds. The average Bonchev–Trinajstić information content (AvgIpc) is 2.72. The minimum absolute atomic E-state index is 0.186. The van der Waals surface area contributed by atoms with Crippen LogP contribution >= 0.6 is 0 Å². The molecule has 0 aliphatic carbocycles. The van der Waals surface area contributed by atoms with Gasteiger partial charge in [0.1, 0.15) is 0 Å². The van der Waals surface area contributed by atoms with Crippen LogP contribution in [0.3, 0.4) is 0 Å². The largest absolute Gasteiger partial charge is 0.460 e. The Hall–Kier alpha value is -2.17. The molecule has 1 N–H and O–H groups in total. The predicted octanol–water partition coefficient (Wildman–Crippen LogP) is 1.31. The summed E-state index contributed by atoms with van der Waals surface area (Å²) in [5.41, 5.74) is 1.06. The van der Waals surface area contributed by atoms with E-state index in [1.54, 1.807) is 19.2 Å². The number of nitrogens with one attached hydrogen (secondary N) is 1. The lowest BCUT2D eigenvalue weighted by molar-refractivity contribution is -0.137. The van der Waals surface area contributed by atoms with Crippen LogP contribution < -0.4 is 0 Å². The molecule has 0 aromatic carbocycles. The summed E-state index contributed by atoms with van der Waals surface area (Å²) in [6.45, 7) is 1.84. The van der Waals surface area contributed by atoms with Crippen LogP contribution in [-0.2, 0) is 9.53 Å². The highest BCUT2D eigenvalue weighted by molar-refractivity contribution is 6.42. The third kappa shape index (κ3) is 1.67. The summed E-state index contributed by atoms with van der Waals surface area (Å²) in [5, 5.41) is 0.626. The fraction of sp³-hybridized carbons (Fsp3) is 0.182. The Labute approximate surface area is 91.4 Å². The van der Waals surface area contributed by atoms with Gasteiger partial charge >= 0.3 is 5.97 Å². The molecule has 16 heavy (non-hydrogen) atoms. The lowest BCUT2D eigenvalue weighted by Crippen LogP contribution is -2.17. The Balaban J connectivity index is 2.40. The summed E-state index contributed by atoms with van der Waals surface area (Å²) >= 11 is 0. The van der Waals surface area contributed by atoms with Crippen molar-refractivity contribution in [1.82, 2.24) is 9.97 Å². The zero-order chi connectivity index (χ0) is 11.5. The number of Topliss-reactive ketones (excluding diaryl/α,β-unsaturated/α-hetero) is 1. The number of hydrogen-bond donors (Lipinski definition) is 1. The van der Waals surface area contributed by atoms with E-state index in [0.717, 1.165) is 5.52 Å². The molecule has 0 unspecified atom stereocenters. The van der Waals surface area contributed by atoms with Crippen molar-refractivity contribution >= 4 is 22.7 Å². The zero-order valence-electron chi connectivity index (χ0n) is 8.69. The van der Waals surface area contributed by atoms with Gasteiger partial charge in [-0.1, -0.05) is 0 Å². The first-order valence-corrected chi connectivity index (χ1v) is 4.86. The van der Waals surface area contributed by atoms with Crippen LogP contribution in [0, 0.1) is 0 Å². The van der Waals surface area contributed by atoms with Gasteiger partial charge in [0.05, 0.1) is 12.2 Å². The highest BCUT2D eigenvalue weighted by Gasteiger charge is 2.20. The zero-order valence-corrected chi connectivity index (χ0v) is 8.69.